The van der Waals surface area contributed by atoms with Crippen LogP contribution in [-0.4, -0.2) is 39.2 Å². The number of aromatic carboxylic acids is 1. The second-order valence-corrected chi connectivity index (χ2v) is 4.23. The van der Waals surface area contributed by atoms with E-state index >= 15 is 0 Å². The van der Waals surface area contributed by atoms with Gasteiger partial charge in [0.1, 0.15) is 6.61 Å². The van der Waals surface area contributed by atoms with E-state index in [2.05, 4.69) is 10.3 Å². The first-order valence-electron chi connectivity index (χ1n) is 6.36. The number of hydrogen-bond donors (Lipinski definition) is 2. The van der Waals surface area contributed by atoms with Gasteiger partial charge in [-0.05, 0) is 18.7 Å². The number of ether oxygens (including phenoxy) is 1. The van der Waals surface area contributed by atoms with Gasteiger partial charge in [0.15, 0.2) is 17.3 Å². The molecule has 0 unspecified atom stereocenters. The second-order valence-electron chi connectivity index (χ2n) is 4.23. The van der Waals surface area contributed by atoms with Crippen molar-refractivity contribution in [3.05, 3.63) is 41.5 Å². The number of carboxylic acid groups (broad SMARTS) is 1. The molecule has 0 aliphatic carbocycles. The molecule has 1 aromatic heterocycles. The lowest BCUT2D eigenvalue weighted by Gasteiger charge is -2.09. The largest absolute Gasteiger partial charge is 0.489 e. The summed E-state index contributed by atoms with van der Waals surface area (Å²) in [6.07, 6.45) is 0.342. The lowest BCUT2D eigenvalue weighted by Crippen LogP contribution is -2.16. The predicted molar refractivity (Wildman–Crippen MR) is 71.6 cm³/mol. The summed E-state index contributed by atoms with van der Waals surface area (Å²) in [6.45, 7) is 0.673. The average molecular weight is 294 g/mol. The van der Waals surface area contributed by atoms with Crippen LogP contribution in [0.15, 0.2) is 24.3 Å². The van der Waals surface area contributed by atoms with Crippen LogP contribution in [0.25, 0.3) is 0 Å². The Labute approximate surface area is 120 Å². The molecule has 3 N–H and O–H groups in total. The van der Waals surface area contributed by atoms with E-state index in [1.165, 1.54) is 16.8 Å². The van der Waals surface area contributed by atoms with Gasteiger partial charge in [0.05, 0.1) is 12.2 Å². The lowest BCUT2D eigenvalue weighted by atomic mass is 10.2. The molecule has 112 valence electrons. The molecule has 1 aromatic carbocycles. The van der Waals surface area contributed by atoms with Crippen LogP contribution in [0.4, 0.5) is 4.39 Å². The zero-order valence-corrected chi connectivity index (χ0v) is 11.2. The highest BCUT2D eigenvalue weighted by molar-refractivity contribution is 5.86. The fourth-order valence-electron chi connectivity index (χ4n) is 1.87. The molecular weight excluding hydrogens is 279 g/mol. The van der Waals surface area contributed by atoms with Crippen molar-refractivity contribution in [2.75, 3.05) is 13.2 Å². The minimum Gasteiger partial charge on any atom is -0.489 e. The smallest absolute Gasteiger partial charge is 0.358 e. The van der Waals surface area contributed by atoms with Crippen molar-refractivity contribution in [1.82, 2.24) is 15.0 Å². The molecule has 0 aliphatic rings. The van der Waals surface area contributed by atoms with Crippen molar-refractivity contribution >= 4 is 5.97 Å². The quantitative estimate of drug-likeness (QED) is 0.779. The number of halogens is 1. The average Bonchev–Trinajstić information content (AvgIpc) is 2.85. The molecule has 0 atom stereocenters. The number of hydrogen-bond acceptors (Lipinski definition) is 5. The van der Waals surface area contributed by atoms with Crippen molar-refractivity contribution in [3.63, 3.8) is 0 Å². The first kappa shape index (κ1) is 14.9. The molecule has 0 fully saturated rings. The van der Waals surface area contributed by atoms with Crippen LogP contribution < -0.4 is 10.5 Å². The van der Waals surface area contributed by atoms with Crippen LogP contribution in [-0.2, 0) is 13.0 Å². The van der Waals surface area contributed by atoms with Crippen LogP contribution in [0, 0.1) is 5.82 Å². The predicted octanol–water partition coefficient (Wildman–Crippen LogP) is 0.696. The molecule has 1 heterocycles. The Bertz CT molecular complexity index is 630. The third-order valence-electron chi connectivity index (χ3n) is 2.82. The SMILES string of the molecule is NCCc1c(C(=O)O)nnn1CCOc1ccccc1F. The van der Waals surface area contributed by atoms with Gasteiger partial charge in [-0.25, -0.2) is 13.9 Å². The third kappa shape index (κ3) is 3.54. The van der Waals surface area contributed by atoms with E-state index in [1.807, 2.05) is 0 Å². The summed E-state index contributed by atoms with van der Waals surface area (Å²) in [7, 11) is 0. The molecule has 8 heteroatoms. The topological polar surface area (TPSA) is 103 Å². The molecule has 0 amide bonds. The Morgan fingerprint density at radius 3 is 2.86 bits per heavy atom. The van der Waals surface area contributed by atoms with E-state index < -0.39 is 11.8 Å². The maximum atomic E-state index is 13.4. The van der Waals surface area contributed by atoms with Crippen molar-refractivity contribution in [3.8, 4) is 5.75 Å². The normalized spacial score (nSPS) is 10.6. The Morgan fingerprint density at radius 2 is 2.19 bits per heavy atom. The van der Waals surface area contributed by atoms with Crippen molar-refractivity contribution < 1.29 is 19.0 Å². The number of aromatic nitrogens is 3. The highest BCUT2D eigenvalue weighted by Gasteiger charge is 2.18. The van der Waals surface area contributed by atoms with E-state index in [0.29, 0.717) is 12.1 Å². The number of benzene rings is 1. The van der Waals surface area contributed by atoms with Gasteiger partial charge in [-0.2, -0.15) is 0 Å². The van der Waals surface area contributed by atoms with Crippen molar-refractivity contribution in [1.29, 1.82) is 0 Å². The molecule has 2 aromatic rings. The molecule has 0 saturated heterocycles. The van der Waals surface area contributed by atoms with Crippen LogP contribution >= 0.6 is 0 Å². The van der Waals surface area contributed by atoms with Gasteiger partial charge in [-0.15, -0.1) is 5.10 Å². The first-order valence-corrected chi connectivity index (χ1v) is 6.36. The number of carboxylic acids is 1. The van der Waals surface area contributed by atoms with E-state index in [1.54, 1.807) is 12.1 Å². The molecule has 7 nitrogen and oxygen atoms in total. The van der Waals surface area contributed by atoms with E-state index in [0.717, 1.165) is 0 Å². The van der Waals surface area contributed by atoms with Gasteiger partial charge < -0.3 is 15.6 Å². The van der Waals surface area contributed by atoms with Gasteiger partial charge in [0, 0.05) is 6.42 Å². The van der Waals surface area contributed by atoms with Crippen LogP contribution in [0.5, 0.6) is 5.75 Å². The number of carbonyl (C=O) groups is 1. The standard InChI is InChI=1S/C13H15FN4O3/c14-9-3-1-2-4-11(9)21-8-7-18-10(5-6-15)12(13(19)20)16-17-18/h1-4H,5-8,15H2,(H,19,20). The maximum absolute atomic E-state index is 13.4. The number of para-hydroxylation sites is 1. The summed E-state index contributed by atoms with van der Waals surface area (Å²) in [5, 5.41) is 16.4. The number of nitrogens with zero attached hydrogens (tertiary/aromatic N) is 3. The van der Waals surface area contributed by atoms with E-state index in [-0.39, 0.29) is 31.1 Å². The Balaban J connectivity index is 2.03. The third-order valence-corrected chi connectivity index (χ3v) is 2.82. The van der Waals surface area contributed by atoms with Crippen LogP contribution in [0.1, 0.15) is 16.2 Å². The molecule has 2 rings (SSSR count). The molecule has 21 heavy (non-hydrogen) atoms. The van der Waals surface area contributed by atoms with Crippen molar-refractivity contribution in [2.24, 2.45) is 5.73 Å². The van der Waals surface area contributed by atoms with E-state index in [4.69, 9.17) is 15.6 Å². The van der Waals surface area contributed by atoms with Gasteiger partial charge in [0.2, 0.25) is 0 Å². The maximum Gasteiger partial charge on any atom is 0.358 e. The summed E-state index contributed by atoms with van der Waals surface area (Å²) < 4.78 is 20.1. The van der Waals surface area contributed by atoms with Crippen LogP contribution in [0.2, 0.25) is 0 Å². The Hall–Kier alpha value is -2.48. The van der Waals surface area contributed by atoms with Gasteiger partial charge in [0.25, 0.3) is 0 Å². The van der Waals surface area contributed by atoms with Gasteiger partial charge >= 0.3 is 5.97 Å². The molecule has 0 aliphatic heterocycles. The first-order chi connectivity index (χ1) is 10.1. The highest BCUT2D eigenvalue weighted by atomic mass is 19.1. The minimum atomic E-state index is -1.15. The highest BCUT2D eigenvalue weighted by Crippen LogP contribution is 2.15. The van der Waals surface area contributed by atoms with Gasteiger partial charge in [-0.3, -0.25) is 0 Å². The zero-order valence-electron chi connectivity index (χ0n) is 11.2. The molecule has 0 bridgehead atoms. The van der Waals surface area contributed by atoms with E-state index in [9.17, 15) is 9.18 Å². The number of nitrogens with two attached hydrogens (primary N) is 1. The van der Waals surface area contributed by atoms with Crippen molar-refractivity contribution in [2.45, 2.75) is 13.0 Å². The summed E-state index contributed by atoms with van der Waals surface area (Å²) in [6, 6.07) is 6.04. The zero-order chi connectivity index (χ0) is 15.2. The fourth-order valence-corrected chi connectivity index (χ4v) is 1.87. The fraction of sp³-hybridized carbons (Fsp3) is 0.308. The van der Waals surface area contributed by atoms with Crippen LogP contribution in [0.3, 0.4) is 0 Å². The molecule has 0 saturated carbocycles. The number of rotatable bonds is 7. The molecular formula is C13H15FN4O3. The molecule has 0 radical (unpaired) electrons. The summed E-state index contributed by atoms with van der Waals surface area (Å²) >= 11 is 0. The lowest BCUT2D eigenvalue weighted by molar-refractivity contribution is 0.0689. The Kier molecular flexibility index (Phi) is 4.83. The summed E-state index contributed by atoms with van der Waals surface area (Å²) in [4.78, 5) is 11.0. The second kappa shape index (κ2) is 6.80. The Morgan fingerprint density at radius 1 is 1.43 bits per heavy atom. The summed E-state index contributed by atoms with van der Waals surface area (Å²) in [5.74, 6) is -1.47. The summed E-state index contributed by atoms with van der Waals surface area (Å²) in [5.41, 5.74) is 5.77. The van der Waals surface area contributed by atoms with Gasteiger partial charge in [-0.1, -0.05) is 17.3 Å². The molecule has 0 spiro atoms. The minimum absolute atomic E-state index is 0.119. The monoisotopic (exact) mass is 294 g/mol.